The fourth-order valence-electron chi connectivity index (χ4n) is 6.27. The maximum absolute atomic E-state index is 6.29. The molecule has 0 bridgehead atoms. The molecule has 0 atom stereocenters. The fourth-order valence-corrected chi connectivity index (χ4v) is 6.27. The van der Waals surface area contributed by atoms with Crippen LogP contribution in [-0.2, 0) is 0 Å². The molecule has 0 unspecified atom stereocenters. The molecular weight excluding hydrogens is 528 g/mol. The summed E-state index contributed by atoms with van der Waals surface area (Å²) in [6.45, 7) is 0. The van der Waals surface area contributed by atoms with Crippen molar-refractivity contribution in [3.63, 3.8) is 0 Å². The normalized spacial score (nSPS) is 11.7. The highest BCUT2D eigenvalue weighted by atomic mass is 16.3. The molecule has 0 radical (unpaired) electrons. The summed E-state index contributed by atoms with van der Waals surface area (Å²) in [6, 6.07) is 50.3. The van der Waals surface area contributed by atoms with E-state index in [-0.39, 0.29) is 0 Å². The Morgan fingerprint density at radius 1 is 0.512 bits per heavy atom. The van der Waals surface area contributed by atoms with Gasteiger partial charge in [-0.2, -0.15) is 4.80 Å². The molecule has 5 nitrogen and oxygen atoms in total. The zero-order valence-electron chi connectivity index (χ0n) is 23.1. The van der Waals surface area contributed by atoms with Crippen LogP contribution in [0, 0.1) is 0 Å². The largest absolute Gasteiger partial charge is 0.456 e. The van der Waals surface area contributed by atoms with Gasteiger partial charge in [0.05, 0.1) is 16.8 Å². The SMILES string of the molecule is c1ccc(N(c2ccc3ccc4ccc5nn(-c6ccccc6)nc5c4c3c2)c2cccc3oc4ccccc4c23)cc1. The molecule has 0 spiro atoms. The summed E-state index contributed by atoms with van der Waals surface area (Å²) < 4.78 is 6.29. The van der Waals surface area contributed by atoms with Crippen molar-refractivity contribution in [3.05, 3.63) is 146 Å². The van der Waals surface area contributed by atoms with Crippen LogP contribution in [0.4, 0.5) is 17.1 Å². The third-order valence-corrected chi connectivity index (χ3v) is 8.22. The highest BCUT2D eigenvalue weighted by Gasteiger charge is 2.20. The molecular formula is C38H24N4O. The van der Waals surface area contributed by atoms with Crippen LogP contribution >= 0.6 is 0 Å². The molecule has 0 saturated carbocycles. The predicted octanol–water partition coefficient (Wildman–Crippen LogP) is 10.1. The lowest BCUT2D eigenvalue weighted by Gasteiger charge is -2.26. The fraction of sp³-hybridized carbons (Fsp3) is 0. The van der Waals surface area contributed by atoms with Crippen LogP contribution in [0.2, 0.25) is 0 Å². The molecule has 0 aliphatic carbocycles. The van der Waals surface area contributed by atoms with Gasteiger partial charge in [0.25, 0.3) is 0 Å². The molecule has 43 heavy (non-hydrogen) atoms. The Kier molecular flexibility index (Phi) is 5.13. The predicted molar refractivity (Wildman–Crippen MR) is 176 cm³/mol. The maximum atomic E-state index is 6.29. The molecule has 2 heterocycles. The second-order valence-electron chi connectivity index (χ2n) is 10.7. The summed E-state index contributed by atoms with van der Waals surface area (Å²) in [6.07, 6.45) is 0. The van der Waals surface area contributed by atoms with Crippen molar-refractivity contribution >= 4 is 71.6 Å². The minimum atomic E-state index is 0.865. The van der Waals surface area contributed by atoms with E-state index in [4.69, 9.17) is 14.6 Å². The molecule has 7 aromatic carbocycles. The smallest absolute Gasteiger partial charge is 0.137 e. The van der Waals surface area contributed by atoms with E-state index in [9.17, 15) is 0 Å². The Hall–Kier alpha value is -5.94. The molecule has 5 heteroatoms. The van der Waals surface area contributed by atoms with Crippen LogP contribution in [-0.4, -0.2) is 15.0 Å². The van der Waals surface area contributed by atoms with Gasteiger partial charge < -0.3 is 9.32 Å². The quantitative estimate of drug-likeness (QED) is 0.204. The van der Waals surface area contributed by atoms with Gasteiger partial charge in [0.15, 0.2) is 0 Å². The van der Waals surface area contributed by atoms with Crippen molar-refractivity contribution in [1.82, 2.24) is 15.0 Å². The van der Waals surface area contributed by atoms with Crippen molar-refractivity contribution in [2.24, 2.45) is 0 Å². The average molecular weight is 553 g/mol. The van der Waals surface area contributed by atoms with Crippen molar-refractivity contribution in [2.45, 2.75) is 0 Å². The van der Waals surface area contributed by atoms with Crippen LogP contribution in [0.15, 0.2) is 150 Å². The van der Waals surface area contributed by atoms with Gasteiger partial charge in [-0.1, -0.05) is 84.9 Å². The topological polar surface area (TPSA) is 47.1 Å². The van der Waals surface area contributed by atoms with Crippen LogP contribution in [0.5, 0.6) is 0 Å². The molecule has 0 saturated heterocycles. The Balaban J connectivity index is 1.33. The maximum Gasteiger partial charge on any atom is 0.137 e. The summed E-state index contributed by atoms with van der Waals surface area (Å²) in [7, 11) is 0. The van der Waals surface area contributed by atoms with E-state index in [1.807, 2.05) is 48.5 Å². The van der Waals surface area contributed by atoms with Gasteiger partial charge in [-0.05, 0) is 76.8 Å². The van der Waals surface area contributed by atoms with Gasteiger partial charge in [-0.25, -0.2) is 0 Å². The summed E-state index contributed by atoms with van der Waals surface area (Å²) in [5.41, 5.74) is 7.62. The summed E-state index contributed by atoms with van der Waals surface area (Å²) in [4.78, 5) is 4.05. The molecule has 2 aromatic heterocycles. The van der Waals surface area contributed by atoms with Crippen molar-refractivity contribution in [2.75, 3.05) is 4.90 Å². The Morgan fingerprint density at radius 2 is 1.23 bits per heavy atom. The number of para-hydroxylation sites is 3. The van der Waals surface area contributed by atoms with E-state index in [1.165, 1.54) is 0 Å². The number of furan rings is 1. The molecule has 202 valence electrons. The van der Waals surface area contributed by atoms with E-state index in [1.54, 1.807) is 4.80 Å². The molecule has 0 amide bonds. The second-order valence-corrected chi connectivity index (χ2v) is 10.7. The minimum Gasteiger partial charge on any atom is -0.456 e. The second kappa shape index (κ2) is 9.29. The number of aromatic nitrogens is 3. The molecule has 0 fully saturated rings. The summed E-state index contributed by atoms with van der Waals surface area (Å²) in [5, 5.41) is 16.5. The number of nitrogens with zero attached hydrogens (tertiary/aromatic N) is 4. The lowest BCUT2D eigenvalue weighted by Crippen LogP contribution is -2.10. The summed E-state index contributed by atoms with van der Waals surface area (Å²) >= 11 is 0. The van der Waals surface area contributed by atoms with Gasteiger partial charge in [0, 0.05) is 22.1 Å². The first kappa shape index (κ1) is 23.7. The van der Waals surface area contributed by atoms with Crippen molar-refractivity contribution in [3.8, 4) is 5.69 Å². The highest BCUT2D eigenvalue weighted by Crippen LogP contribution is 2.44. The zero-order valence-corrected chi connectivity index (χ0v) is 23.1. The standard InChI is InChI=1S/C38H24N4O/c1-3-10-27(11-4-1)41(33-15-9-17-35-37(33)30-14-7-8-16-34(30)43-35)29-22-20-25-18-19-26-21-23-32-38(36(26)31(25)24-29)40-42(39-32)28-12-5-2-6-13-28/h1-24H. The Bertz CT molecular complexity index is 2460. The number of fused-ring (bicyclic) bond motifs is 8. The first-order chi connectivity index (χ1) is 21.3. The first-order valence-corrected chi connectivity index (χ1v) is 14.4. The van der Waals surface area contributed by atoms with Crippen LogP contribution in [0.25, 0.3) is 60.2 Å². The lowest BCUT2D eigenvalue weighted by atomic mass is 9.99. The van der Waals surface area contributed by atoms with Gasteiger partial charge >= 0.3 is 0 Å². The van der Waals surface area contributed by atoms with Crippen LogP contribution in [0.3, 0.4) is 0 Å². The van der Waals surface area contributed by atoms with E-state index in [2.05, 4.69) is 102 Å². The Morgan fingerprint density at radius 3 is 2.12 bits per heavy atom. The van der Waals surface area contributed by atoms with Gasteiger partial charge in [-0.15, -0.1) is 10.2 Å². The first-order valence-electron chi connectivity index (χ1n) is 14.4. The monoisotopic (exact) mass is 552 g/mol. The number of rotatable bonds is 4. The third kappa shape index (κ3) is 3.72. The molecule has 9 rings (SSSR count). The van der Waals surface area contributed by atoms with E-state index in [0.717, 1.165) is 77.3 Å². The molecule has 0 N–H and O–H groups in total. The summed E-state index contributed by atoms with van der Waals surface area (Å²) in [5.74, 6) is 0. The molecule has 0 aliphatic rings. The lowest BCUT2D eigenvalue weighted by molar-refractivity contribution is 0.669. The highest BCUT2D eigenvalue weighted by molar-refractivity contribution is 6.19. The third-order valence-electron chi connectivity index (χ3n) is 8.22. The number of anilines is 3. The number of hydrogen-bond donors (Lipinski definition) is 0. The van der Waals surface area contributed by atoms with Gasteiger partial charge in [0.2, 0.25) is 0 Å². The van der Waals surface area contributed by atoms with Crippen molar-refractivity contribution in [1.29, 1.82) is 0 Å². The zero-order chi connectivity index (χ0) is 28.3. The minimum absolute atomic E-state index is 0.865. The van der Waals surface area contributed by atoms with Gasteiger partial charge in [-0.3, -0.25) is 0 Å². The van der Waals surface area contributed by atoms with Crippen LogP contribution < -0.4 is 4.90 Å². The average Bonchev–Trinajstić information content (AvgIpc) is 3.68. The Labute approximate surface area is 246 Å². The van der Waals surface area contributed by atoms with E-state index >= 15 is 0 Å². The molecule has 9 aromatic rings. The van der Waals surface area contributed by atoms with Crippen molar-refractivity contribution < 1.29 is 4.42 Å². The molecule has 0 aliphatic heterocycles. The van der Waals surface area contributed by atoms with E-state index < -0.39 is 0 Å². The van der Waals surface area contributed by atoms with Crippen LogP contribution in [0.1, 0.15) is 0 Å². The number of benzene rings is 7. The van der Waals surface area contributed by atoms with Gasteiger partial charge in [0.1, 0.15) is 22.2 Å². The van der Waals surface area contributed by atoms with E-state index in [0.29, 0.717) is 0 Å². The number of hydrogen-bond acceptors (Lipinski definition) is 4.